The Hall–Kier alpha value is -2.31. The number of hydrogen-bond donors (Lipinski definition) is 0. The molecule has 0 saturated carbocycles. The second-order valence-corrected chi connectivity index (χ2v) is 10.4. The molecule has 0 unspecified atom stereocenters. The van der Waals surface area contributed by atoms with E-state index in [1.165, 1.54) is 21.5 Å². The van der Waals surface area contributed by atoms with Gasteiger partial charge < -0.3 is 14.7 Å². The monoisotopic (exact) mass is 468 g/mol. The van der Waals surface area contributed by atoms with Crippen LogP contribution in [-0.2, 0) is 4.79 Å². The molecule has 0 aliphatic carbocycles. The van der Waals surface area contributed by atoms with Gasteiger partial charge in [-0.25, -0.2) is 4.98 Å². The minimum Gasteiger partial charge on any atom is -0.368 e. The number of halogens is 1. The Morgan fingerprint density at radius 1 is 0.969 bits per heavy atom. The molecule has 1 aromatic heterocycles. The molecule has 7 heteroatoms. The number of amides is 1. The van der Waals surface area contributed by atoms with Crippen LogP contribution in [-0.4, -0.2) is 55.1 Å². The number of piperazine rings is 1. The van der Waals surface area contributed by atoms with E-state index in [0.717, 1.165) is 67.8 Å². The van der Waals surface area contributed by atoms with E-state index >= 15 is 0 Å². The van der Waals surface area contributed by atoms with Gasteiger partial charge in [0.2, 0.25) is 5.91 Å². The molecule has 3 aromatic rings. The molecule has 0 N–H and O–H groups in total. The first-order chi connectivity index (χ1) is 15.5. The Morgan fingerprint density at radius 3 is 2.34 bits per heavy atom. The van der Waals surface area contributed by atoms with Gasteiger partial charge in [-0.15, -0.1) is 0 Å². The highest BCUT2D eigenvalue weighted by molar-refractivity contribution is 7.22. The summed E-state index contributed by atoms with van der Waals surface area (Å²) in [6.07, 6.45) is 1.81. The van der Waals surface area contributed by atoms with Gasteiger partial charge in [-0.3, -0.25) is 4.79 Å². The van der Waals surface area contributed by atoms with Crippen molar-refractivity contribution in [1.82, 2.24) is 9.88 Å². The van der Waals surface area contributed by atoms with E-state index < -0.39 is 0 Å². The number of carbonyl (C=O) groups excluding carboxylic acids is 1. The van der Waals surface area contributed by atoms with Crippen molar-refractivity contribution >= 4 is 49.9 Å². The fourth-order valence-electron chi connectivity index (χ4n) is 4.91. The topological polar surface area (TPSA) is 39.7 Å². The van der Waals surface area contributed by atoms with Crippen molar-refractivity contribution in [2.45, 2.75) is 26.7 Å². The highest BCUT2D eigenvalue weighted by Crippen LogP contribution is 2.34. The molecule has 0 radical (unpaired) electrons. The van der Waals surface area contributed by atoms with Crippen molar-refractivity contribution in [1.29, 1.82) is 0 Å². The molecule has 2 aliphatic heterocycles. The van der Waals surface area contributed by atoms with E-state index in [2.05, 4.69) is 52.8 Å². The number of aryl methyl sites for hydroxylation is 2. The third-order valence-corrected chi connectivity index (χ3v) is 8.03. The molecule has 5 nitrogen and oxygen atoms in total. The summed E-state index contributed by atoms with van der Waals surface area (Å²) in [5, 5.41) is 1.85. The minimum absolute atomic E-state index is 0.131. The smallest absolute Gasteiger partial charge is 0.225 e. The first-order valence-corrected chi connectivity index (χ1v) is 12.6. The summed E-state index contributed by atoms with van der Waals surface area (Å²) in [5.41, 5.74) is 4.82. The van der Waals surface area contributed by atoms with Gasteiger partial charge in [0.05, 0.1) is 10.2 Å². The van der Waals surface area contributed by atoms with Crippen molar-refractivity contribution in [3.8, 4) is 0 Å². The Morgan fingerprint density at radius 2 is 1.66 bits per heavy atom. The van der Waals surface area contributed by atoms with Crippen LogP contribution in [0.15, 0.2) is 36.4 Å². The Kier molecular flexibility index (Phi) is 5.99. The van der Waals surface area contributed by atoms with E-state index in [-0.39, 0.29) is 5.92 Å². The first-order valence-electron chi connectivity index (χ1n) is 11.4. The normalized spacial score (nSPS) is 17.9. The number of thiazole rings is 1. The summed E-state index contributed by atoms with van der Waals surface area (Å²) in [6, 6.07) is 12.4. The Balaban J connectivity index is 1.16. The summed E-state index contributed by atoms with van der Waals surface area (Å²) < 4.78 is 1.26. The number of nitrogens with zero attached hydrogens (tertiary/aromatic N) is 4. The van der Waals surface area contributed by atoms with Crippen molar-refractivity contribution in [2.24, 2.45) is 5.92 Å². The molecule has 168 valence electrons. The lowest BCUT2D eigenvalue weighted by molar-refractivity contribution is -0.136. The van der Waals surface area contributed by atoms with Crippen LogP contribution in [0.3, 0.4) is 0 Å². The van der Waals surface area contributed by atoms with E-state index in [4.69, 9.17) is 16.6 Å². The van der Waals surface area contributed by atoms with Crippen molar-refractivity contribution in [3.05, 3.63) is 52.5 Å². The van der Waals surface area contributed by atoms with Gasteiger partial charge in [0, 0.05) is 55.9 Å². The highest BCUT2D eigenvalue weighted by Gasteiger charge is 2.31. The first kappa shape index (κ1) is 21.5. The van der Waals surface area contributed by atoms with E-state index in [9.17, 15) is 4.79 Å². The average Bonchev–Trinajstić information content (AvgIpc) is 3.24. The zero-order valence-corrected chi connectivity index (χ0v) is 20.3. The maximum atomic E-state index is 13.2. The molecule has 2 fully saturated rings. The van der Waals surface area contributed by atoms with Gasteiger partial charge >= 0.3 is 0 Å². The lowest BCUT2D eigenvalue weighted by atomic mass is 9.95. The average molecular weight is 469 g/mol. The molecule has 2 aliphatic rings. The molecular weight excluding hydrogens is 440 g/mol. The van der Waals surface area contributed by atoms with E-state index in [1.54, 1.807) is 11.3 Å². The lowest BCUT2D eigenvalue weighted by Crippen LogP contribution is -2.51. The molecule has 2 aromatic carbocycles. The van der Waals surface area contributed by atoms with Crippen LogP contribution in [0, 0.1) is 19.8 Å². The third-order valence-electron chi connectivity index (χ3n) is 6.72. The molecule has 0 atom stereocenters. The number of benzene rings is 2. The molecule has 1 amide bonds. The van der Waals surface area contributed by atoms with Crippen LogP contribution in [0.5, 0.6) is 0 Å². The summed E-state index contributed by atoms with van der Waals surface area (Å²) >= 11 is 7.78. The van der Waals surface area contributed by atoms with Crippen molar-refractivity contribution < 1.29 is 4.79 Å². The number of carbonyl (C=O) groups is 1. The largest absolute Gasteiger partial charge is 0.368 e. The predicted molar refractivity (Wildman–Crippen MR) is 134 cm³/mol. The SMILES string of the molecule is Cc1cc(C)c2nc(N3CCC(C(=O)N4CCN(c5ccc(Cl)cc5)CC4)CC3)sc2c1. The molecule has 2 saturated heterocycles. The summed E-state index contributed by atoms with van der Waals surface area (Å²) in [5.74, 6) is 0.461. The number of fused-ring (bicyclic) bond motifs is 1. The summed E-state index contributed by atoms with van der Waals surface area (Å²) in [6.45, 7) is 9.40. The van der Waals surface area contributed by atoms with Gasteiger partial charge in [-0.05, 0) is 68.1 Å². The lowest BCUT2D eigenvalue weighted by Gasteiger charge is -2.39. The third kappa shape index (κ3) is 4.30. The van der Waals surface area contributed by atoms with E-state index in [0.29, 0.717) is 5.91 Å². The van der Waals surface area contributed by atoms with Gasteiger partial charge in [-0.2, -0.15) is 0 Å². The number of piperidine rings is 1. The van der Waals surface area contributed by atoms with Gasteiger partial charge in [0.15, 0.2) is 5.13 Å². The van der Waals surface area contributed by atoms with Crippen LogP contribution in [0.2, 0.25) is 5.02 Å². The van der Waals surface area contributed by atoms with Crippen LogP contribution >= 0.6 is 22.9 Å². The number of aromatic nitrogens is 1. The van der Waals surface area contributed by atoms with Crippen LogP contribution < -0.4 is 9.80 Å². The molecule has 32 heavy (non-hydrogen) atoms. The minimum atomic E-state index is 0.131. The van der Waals surface area contributed by atoms with E-state index in [1.807, 2.05) is 12.1 Å². The predicted octanol–water partition coefficient (Wildman–Crippen LogP) is 5.13. The van der Waals surface area contributed by atoms with Crippen molar-refractivity contribution in [2.75, 3.05) is 49.1 Å². The second-order valence-electron chi connectivity index (χ2n) is 8.98. The quantitative estimate of drug-likeness (QED) is 0.534. The summed E-state index contributed by atoms with van der Waals surface area (Å²) in [4.78, 5) is 24.8. The highest BCUT2D eigenvalue weighted by atomic mass is 35.5. The standard InChI is InChI=1S/C25H29ClN4OS/c1-17-15-18(2)23-22(16-17)32-25(27-23)30-9-7-19(8-10-30)24(31)29-13-11-28(12-14-29)21-5-3-20(26)4-6-21/h3-6,15-16,19H,7-14H2,1-2H3. The Bertz CT molecular complexity index is 1110. The van der Waals surface area contributed by atoms with Crippen LogP contribution in [0.1, 0.15) is 24.0 Å². The van der Waals surface area contributed by atoms with Crippen molar-refractivity contribution in [3.63, 3.8) is 0 Å². The van der Waals surface area contributed by atoms with Gasteiger partial charge in [0.25, 0.3) is 0 Å². The molecule has 0 spiro atoms. The fourth-order valence-corrected chi connectivity index (χ4v) is 6.23. The zero-order valence-electron chi connectivity index (χ0n) is 18.7. The zero-order chi connectivity index (χ0) is 22.2. The second kappa shape index (κ2) is 8.91. The van der Waals surface area contributed by atoms with Crippen LogP contribution in [0.4, 0.5) is 10.8 Å². The number of rotatable bonds is 3. The Labute approximate surface area is 198 Å². The maximum Gasteiger partial charge on any atom is 0.225 e. The van der Waals surface area contributed by atoms with Crippen LogP contribution in [0.25, 0.3) is 10.2 Å². The molecular formula is C25H29ClN4OS. The fraction of sp³-hybridized carbons (Fsp3) is 0.440. The number of anilines is 2. The van der Waals surface area contributed by atoms with Gasteiger partial charge in [-0.1, -0.05) is 29.0 Å². The molecule has 0 bridgehead atoms. The number of hydrogen-bond acceptors (Lipinski definition) is 5. The molecule has 3 heterocycles. The molecule has 5 rings (SSSR count). The summed E-state index contributed by atoms with van der Waals surface area (Å²) in [7, 11) is 0. The maximum absolute atomic E-state index is 13.2. The van der Waals surface area contributed by atoms with Gasteiger partial charge in [0.1, 0.15) is 0 Å².